The minimum atomic E-state index is 0.472. The molecule has 16 heavy (non-hydrogen) atoms. The minimum absolute atomic E-state index is 0.472. The van der Waals surface area contributed by atoms with Gasteiger partial charge in [0, 0.05) is 6.20 Å². The van der Waals surface area contributed by atoms with Crippen molar-refractivity contribution in [2.24, 2.45) is 0 Å². The average molecular weight is 232 g/mol. The van der Waals surface area contributed by atoms with E-state index in [4.69, 9.17) is 4.74 Å². The zero-order chi connectivity index (χ0) is 11.2. The Balaban J connectivity index is 1.99. The van der Waals surface area contributed by atoms with Crippen LogP contribution in [0.25, 0.3) is 0 Å². The van der Waals surface area contributed by atoms with Crippen molar-refractivity contribution in [2.45, 2.75) is 11.8 Å². The Bertz CT molecular complexity index is 448. The van der Waals surface area contributed by atoms with E-state index in [1.165, 1.54) is 11.8 Å². The van der Waals surface area contributed by atoms with E-state index in [0.717, 1.165) is 16.6 Å². The summed E-state index contributed by atoms with van der Waals surface area (Å²) in [5.41, 5.74) is 0.892. The molecule has 82 valence electrons. The van der Waals surface area contributed by atoms with Crippen LogP contribution in [0.4, 0.5) is 0 Å². The van der Waals surface area contributed by atoms with Crippen molar-refractivity contribution in [1.29, 1.82) is 0 Å². The summed E-state index contributed by atoms with van der Waals surface area (Å²) in [6, 6.07) is 11.6. The Morgan fingerprint density at radius 3 is 2.75 bits per heavy atom. The SMILES string of the molecule is CSc1nccc(COc2ccccc2)n1. The zero-order valence-electron chi connectivity index (χ0n) is 8.96. The maximum Gasteiger partial charge on any atom is 0.187 e. The first kappa shape index (κ1) is 11.0. The van der Waals surface area contributed by atoms with Crippen LogP contribution in [0.15, 0.2) is 47.8 Å². The summed E-state index contributed by atoms with van der Waals surface area (Å²) in [6.45, 7) is 0.472. The van der Waals surface area contributed by atoms with E-state index in [2.05, 4.69) is 9.97 Å². The monoisotopic (exact) mass is 232 g/mol. The first-order valence-electron chi connectivity index (χ1n) is 4.92. The number of thioether (sulfide) groups is 1. The molecular weight excluding hydrogens is 220 g/mol. The van der Waals surface area contributed by atoms with Crippen LogP contribution >= 0.6 is 11.8 Å². The van der Waals surface area contributed by atoms with Gasteiger partial charge in [-0.2, -0.15) is 0 Å². The van der Waals surface area contributed by atoms with Crippen molar-refractivity contribution in [1.82, 2.24) is 9.97 Å². The number of para-hydroxylation sites is 1. The van der Waals surface area contributed by atoms with Crippen LogP contribution < -0.4 is 4.74 Å². The van der Waals surface area contributed by atoms with Gasteiger partial charge in [-0.1, -0.05) is 30.0 Å². The summed E-state index contributed by atoms with van der Waals surface area (Å²) in [6.07, 6.45) is 3.71. The van der Waals surface area contributed by atoms with Crippen molar-refractivity contribution >= 4 is 11.8 Å². The highest BCUT2D eigenvalue weighted by molar-refractivity contribution is 7.98. The number of rotatable bonds is 4. The molecule has 0 N–H and O–H groups in total. The van der Waals surface area contributed by atoms with E-state index in [-0.39, 0.29) is 0 Å². The van der Waals surface area contributed by atoms with Gasteiger partial charge in [-0.05, 0) is 24.5 Å². The highest BCUT2D eigenvalue weighted by atomic mass is 32.2. The number of benzene rings is 1. The fourth-order valence-corrected chi connectivity index (χ4v) is 1.60. The molecule has 0 fully saturated rings. The maximum absolute atomic E-state index is 5.59. The first-order valence-corrected chi connectivity index (χ1v) is 6.15. The Morgan fingerprint density at radius 2 is 2.00 bits per heavy atom. The van der Waals surface area contributed by atoms with Gasteiger partial charge in [0.1, 0.15) is 12.4 Å². The molecule has 0 amide bonds. The van der Waals surface area contributed by atoms with Crippen LogP contribution in [0.2, 0.25) is 0 Å². The zero-order valence-corrected chi connectivity index (χ0v) is 9.78. The van der Waals surface area contributed by atoms with Gasteiger partial charge in [0.2, 0.25) is 0 Å². The third-order valence-electron chi connectivity index (χ3n) is 2.00. The van der Waals surface area contributed by atoms with Crippen LogP contribution in [0.3, 0.4) is 0 Å². The number of nitrogens with zero attached hydrogens (tertiary/aromatic N) is 2. The maximum atomic E-state index is 5.59. The van der Waals surface area contributed by atoms with Crippen molar-refractivity contribution in [3.8, 4) is 5.75 Å². The quantitative estimate of drug-likeness (QED) is 0.599. The minimum Gasteiger partial charge on any atom is -0.487 e. The Kier molecular flexibility index (Phi) is 3.77. The summed E-state index contributed by atoms with van der Waals surface area (Å²) in [7, 11) is 0. The van der Waals surface area contributed by atoms with Gasteiger partial charge in [-0.15, -0.1) is 0 Å². The van der Waals surface area contributed by atoms with E-state index in [1.807, 2.05) is 42.7 Å². The molecule has 0 spiro atoms. The molecular formula is C12H12N2OS. The normalized spacial score (nSPS) is 10.1. The number of aromatic nitrogens is 2. The lowest BCUT2D eigenvalue weighted by atomic mass is 10.3. The molecule has 0 atom stereocenters. The van der Waals surface area contributed by atoms with Crippen LogP contribution in [0.5, 0.6) is 5.75 Å². The lowest BCUT2D eigenvalue weighted by Crippen LogP contribution is -1.99. The molecule has 1 aromatic heterocycles. The third-order valence-corrected chi connectivity index (χ3v) is 2.57. The van der Waals surface area contributed by atoms with Crippen LogP contribution in [0, 0.1) is 0 Å². The van der Waals surface area contributed by atoms with Crippen LogP contribution in [0.1, 0.15) is 5.69 Å². The standard InChI is InChI=1S/C12H12N2OS/c1-16-12-13-8-7-10(14-12)9-15-11-5-3-2-4-6-11/h2-8H,9H2,1H3. The van der Waals surface area contributed by atoms with E-state index in [9.17, 15) is 0 Å². The van der Waals surface area contributed by atoms with Crippen molar-refractivity contribution in [3.05, 3.63) is 48.3 Å². The summed E-state index contributed by atoms with van der Waals surface area (Å²) >= 11 is 1.53. The smallest absolute Gasteiger partial charge is 0.187 e. The van der Waals surface area contributed by atoms with Gasteiger partial charge in [0.15, 0.2) is 5.16 Å². The highest BCUT2D eigenvalue weighted by Gasteiger charge is 1.99. The summed E-state index contributed by atoms with van der Waals surface area (Å²) in [5, 5.41) is 0.772. The Hall–Kier alpha value is -1.55. The fraction of sp³-hybridized carbons (Fsp3) is 0.167. The van der Waals surface area contributed by atoms with Gasteiger partial charge in [-0.25, -0.2) is 9.97 Å². The molecule has 0 unspecified atom stereocenters. The topological polar surface area (TPSA) is 35.0 Å². The lowest BCUT2D eigenvalue weighted by Gasteiger charge is -2.05. The molecule has 0 saturated carbocycles. The van der Waals surface area contributed by atoms with Gasteiger partial charge in [-0.3, -0.25) is 0 Å². The van der Waals surface area contributed by atoms with Gasteiger partial charge in [0.25, 0.3) is 0 Å². The van der Waals surface area contributed by atoms with Crippen molar-refractivity contribution < 1.29 is 4.74 Å². The average Bonchev–Trinajstić information content (AvgIpc) is 2.38. The largest absolute Gasteiger partial charge is 0.487 e. The molecule has 2 rings (SSSR count). The molecule has 1 aromatic carbocycles. The van der Waals surface area contributed by atoms with Gasteiger partial charge >= 0.3 is 0 Å². The number of hydrogen-bond donors (Lipinski definition) is 0. The molecule has 4 heteroatoms. The van der Waals surface area contributed by atoms with Crippen molar-refractivity contribution in [3.63, 3.8) is 0 Å². The van der Waals surface area contributed by atoms with Crippen LogP contribution in [-0.2, 0) is 6.61 Å². The van der Waals surface area contributed by atoms with E-state index < -0.39 is 0 Å². The number of hydrogen-bond acceptors (Lipinski definition) is 4. The molecule has 0 aliphatic heterocycles. The molecule has 2 aromatic rings. The summed E-state index contributed by atoms with van der Waals surface area (Å²) in [4.78, 5) is 8.44. The van der Waals surface area contributed by atoms with E-state index in [0.29, 0.717) is 6.61 Å². The fourth-order valence-electron chi connectivity index (χ4n) is 1.23. The lowest BCUT2D eigenvalue weighted by molar-refractivity contribution is 0.300. The van der Waals surface area contributed by atoms with E-state index >= 15 is 0 Å². The Labute approximate surface area is 98.9 Å². The van der Waals surface area contributed by atoms with E-state index in [1.54, 1.807) is 6.20 Å². The predicted molar refractivity (Wildman–Crippen MR) is 64.6 cm³/mol. The molecule has 0 radical (unpaired) electrons. The second-order valence-corrected chi connectivity index (χ2v) is 3.91. The van der Waals surface area contributed by atoms with Crippen molar-refractivity contribution in [2.75, 3.05) is 6.26 Å². The second-order valence-electron chi connectivity index (χ2n) is 3.14. The molecule has 0 bridgehead atoms. The summed E-state index contributed by atoms with van der Waals surface area (Å²) < 4.78 is 5.59. The molecule has 0 aliphatic rings. The predicted octanol–water partition coefficient (Wildman–Crippen LogP) is 2.78. The van der Waals surface area contributed by atoms with Crippen LogP contribution in [-0.4, -0.2) is 16.2 Å². The molecule has 0 saturated heterocycles. The third kappa shape index (κ3) is 2.97. The second kappa shape index (κ2) is 5.51. The number of ether oxygens (including phenoxy) is 1. The molecule has 1 heterocycles. The molecule has 0 aliphatic carbocycles. The van der Waals surface area contributed by atoms with Gasteiger partial charge in [0.05, 0.1) is 5.69 Å². The Morgan fingerprint density at radius 1 is 1.19 bits per heavy atom. The summed E-state index contributed by atoms with van der Waals surface area (Å²) in [5.74, 6) is 0.854. The highest BCUT2D eigenvalue weighted by Crippen LogP contribution is 2.12. The van der Waals surface area contributed by atoms with Gasteiger partial charge < -0.3 is 4.74 Å². The first-order chi connectivity index (χ1) is 7.88. The molecule has 3 nitrogen and oxygen atoms in total.